The van der Waals surface area contributed by atoms with Crippen molar-refractivity contribution in [3.05, 3.63) is 107 Å². The Hall–Kier alpha value is -3.93. The standard InChI is InChI=1S/C28H24FNO4/c1-2-18-7-11-21(12-8-18)30-25-17-34-28(32)27(25)23(15-26(30)31)19-9-13-22(14-10-19)33-16-20-5-3-4-6-24(20)29/h3-14,23H,2,15-17H2,1H3. The first-order valence-electron chi connectivity index (χ1n) is 11.3. The molecule has 0 aliphatic carbocycles. The van der Waals surface area contributed by atoms with Crippen molar-refractivity contribution in [3.8, 4) is 5.75 Å². The van der Waals surface area contributed by atoms with Gasteiger partial charge in [0.1, 0.15) is 24.8 Å². The largest absolute Gasteiger partial charge is 0.489 e. The van der Waals surface area contributed by atoms with Gasteiger partial charge in [-0.15, -0.1) is 0 Å². The van der Waals surface area contributed by atoms with E-state index in [1.807, 2.05) is 36.4 Å². The van der Waals surface area contributed by atoms with Gasteiger partial charge in [-0.2, -0.15) is 0 Å². The van der Waals surface area contributed by atoms with Gasteiger partial charge in [0, 0.05) is 23.6 Å². The molecule has 0 bridgehead atoms. The van der Waals surface area contributed by atoms with E-state index in [2.05, 4.69) is 6.92 Å². The number of aryl methyl sites for hydroxylation is 1. The van der Waals surface area contributed by atoms with Crippen molar-refractivity contribution in [2.24, 2.45) is 0 Å². The number of cyclic esters (lactones) is 1. The molecule has 34 heavy (non-hydrogen) atoms. The molecule has 0 fully saturated rings. The minimum absolute atomic E-state index is 0.0776. The fourth-order valence-electron chi connectivity index (χ4n) is 4.49. The summed E-state index contributed by atoms with van der Waals surface area (Å²) in [5, 5.41) is 0. The number of anilines is 1. The van der Waals surface area contributed by atoms with Gasteiger partial charge < -0.3 is 9.47 Å². The summed E-state index contributed by atoms with van der Waals surface area (Å²) in [6.45, 7) is 2.27. The summed E-state index contributed by atoms with van der Waals surface area (Å²) >= 11 is 0. The van der Waals surface area contributed by atoms with Crippen LogP contribution in [0.2, 0.25) is 0 Å². The molecular weight excluding hydrogens is 433 g/mol. The third kappa shape index (κ3) is 4.07. The van der Waals surface area contributed by atoms with Gasteiger partial charge in [0.15, 0.2) is 0 Å². The van der Waals surface area contributed by atoms with Crippen molar-refractivity contribution < 1.29 is 23.5 Å². The van der Waals surface area contributed by atoms with E-state index < -0.39 is 0 Å². The first-order chi connectivity index (χ1) is 16.5. The van der Waals surface area contributed by atoms with Gasteiger partial charge in [0.05, 0.1) is 11.3 Å². The highest BCUT2D eigenvalue weighted by atomic mass is 19.1. The average Bonchev–Trinajstić information content (AvgIpc) is 3.24. The summed E-state index contributed by atoms with van der Waals surface area (Å²) < 4.78 is 24.9. The number of hydrogen-bond acceptors (Lipinski definition) is 4. The molecule has 0 spiro atoms. The van der Waals surface area contributed by atoms with E-state index >= 15 is 0 Å². The Bertz CT molecular complexity index is 1260. The van der Waals surface area contributed by atoms with Crippen molar-refractivity contribution in [1.82, 2.24) is 0 Å². The maximum Gasteiger partial charge on any atom is 0.336 e. The zero-order valence-corrected chi connectivity index (χ0v) is 18.8. The van der Waals surface area contributed by atoms with Crippen LogP contribution in [0.3, 0.4) is 0 Å². The molecule has 172 valence electrons. The van der Waals surface area contributed by atoms with Crippen LogP contribution in [-0.2, 0) is 27.4 Å². The van der Waals surface area contributed by atoms with E-state index in [0.717, 1.165) is 17.7 Å². The van der Waals surface area contributed by atoms with Crippen LogP contribution < -0.4 is 9.64 Å². The monoisotopic (exact) mass is 457 g/mol. The van der Waals surface area contributed by atoms with Gasteiger partial charge >= 0.3 is 5.97 Å². The lowest BCUT2D eigenvalue weighted by atomic mass is 9.84. The molecule has 5 nitrogen and oxygen atoms in total. The van der Waals surface area contributed by atoms with Gasteiger partial charge in [-0.25, -0.2) is 9.18 Å². The summed E-state index contributed by atoms with van der Waals surface area (Å²) in [4.78, 5) is 27.5. The zero-order chi connectivity index (χ0) is 23.7. The van der Waals surface area contributed by atoms with Gasteiger partial charge in [0.25, 0.3) is 0 Å². The third-order valence-corrected chi connectivity index (χ3v) is 6.35. The van der Waals surface area contributed by atoms with Crippen LogP contribution in [0.15, 0.2) is 84.1 Å². The number of benzene rings is 3. The Labute approximate surface area is 197 Å². The topological polar surface area (TPSA) is 55.8 Å². The van der Waals surface area contributed by atoms with Crippen molar-refractivity contribution in [1.29, 1.82) is 0 Å². The summed E-state index contributed by atoms with van der Waals surface area (Å²) in [5.74, 6) is -0.582. The Morgan fingerprint density at radius 1 is 1.00 bits per heavy atom. The number of rotatable bonds is 6. The zero-order valence-electron chi connectivity index (χ0n) is 18.8. The van der Waals surface area contributed by atoms with E-state index in [9.17, 15) is 14.0 Å². The fourth-order valence-corrected chi connectivity index (χ4v) is 4.49. The molecule has 1 amide bonds. The van der Waals surface area contributed by atoms with Crippen LogP contribution in [0, 0.1) is 5.82 Å². The lowest BCUT2D eigenvalue weighted by Gasteiger charge is -2.32. The molecule has 3 aromatic rings. The molecule has 0 radical (unpaired) electrons. The van der Waals surface area contributed by atoms with Crippen LogP contribution in [-0.4, -0.2) is 18.5 Å². The molecule has 0 aromatic heterocycles. The highest BCUT2D eigenvalue weighted by Gasteiger charge is 2.42. The van der Waals surface area contributed by atoms with E-state index in [4.69, 9.17) is 9.47 Å². The molecule has 1 unspecified atom stereocenters. The molecule has 1 atom stereocenters. The Kier molecular flexibility index (Phi) is 5.88. The fraction of sp³-hybridized carbons (Fsp3) is 0.214. The smallest absolute Gasteiger partial charge is 0.336 e. The number of nitrogens with zero attached hydrogens (tertiary/aromatic N) is 1. The predicted molar refractivity (Wildman–Crippen MR) is 126 cm³/mol. The van der Waals surface area contributed by atoms with Gasteiger partial charge in [0.2, 0.25) is 5.91 Å². The molecule has 0 saturated carbocycles. The number of halogens is 1. The average molecular weight is 458 g/mol. The van der Waals surface area contributed by atoms with Crippen molar-refractivity contribution >= 4 is 17.6 Å². The minimum Gasteiger partial charge on any atom is -0.489 e. The Balaban J connectivity index is 1.39. The van der Waals surface area contributed by atoms with Crippen LogP contribution in [0.1, 0.15) is 36.0 Å². The lowest BCUT2D eigenvalue weighted by molar-refractivity contribution is -0.136. The Morgan fingerprint density at radius 2 is 1.74 bits per heavy atom. The molecule has 0 saturated heterocycles. The number of amides is 1. The SMILES string of the molecule is CCc1ccc(N2C(=O)CC(c3ccc(OCc4ccccc4F)cc3)C3=C2COC3=O)cc1. The van der Waals surface area contributed by atoms with Crippen LogP contribution in [0.25, 0.3) is 0 Å². The molecule has 0 N–H and O–H groups in total. The van der Waals surface area contributed by atoms with E-state index in [1.54, 1.807) is 35.2 Å². The summed E-state index contributed by atoms with van der Waals surface area (Å²) in [7, 11) is 0. The molecule has 5 rings (SSSR count). The molecule has 3 aromatic carbocycles. The maximum absolute atomic E-state index is 13.8. The second-order valence-corrected chi connectivity index (χ2v) is 8.39. The third-order valence-electron chi connectivity index (χ3n) is 6.35. The number of carbonyl (C=O) groups excluding carboxylic acids is 2. The highest BCUT2D eigenvalue weighted by Crippen LogP contribution is 2.42. The number of hydrogen-bond donors (Lipinski definition) is 0. The maximum atomic E-state index is 13.8. The van der Waals surface area contributed by atoms with Crippen molar-refractivity contribution in [2.75, 3.05) is 11.5 Å². The molecule has 2 aliphatic heterocycles. The minimum atomic E-state index is -0.387. The van der Waals surface area contributed by atoms with Crippen LogP contribution >= 0.6 is 0 Å². The first kappa shape index (κ1) is 21.9. The Morgan fingerprint density at radius 3 is 2.44 bits per heavy atom. The van der Waals surface area contributed by atoms with E-state index in [1.165, 1.54) is 11.6 Å². The number of ether oxygens (including phenoxy) is 2. The van der Waals surface area contributed by atoms with Gasteiger partial charge in [-0.05, 0) is 47.9 Å². The van der Waals surface area contributed by atoms with Gasteiger partial charge in [-0.3, -0.25) is 9.69 Å². The summed E-state index contributed by atoms with van der Waals surface area (Å²) in [6, 6.07) is 21.5. The van der Waals surface area contributed by atoms with Gasteiger partial charge in [-0.1, -0.05) is 49.4 Å². The second-order valence-electron chi connectivity index (χ2n) is 8.39. The van der Waals surface area contributed by atoms with Crippen LogP contribution in [0.5, 0.6) is 5.75 Å². The molecular formula is C28H24FNO4. The van der Waals surface area contributed by atoms with Crippen LogP contribution in [0.4, 0.5) is 10.1 Å². The predicted octanol–water partition coefficient (Wildman–Crippen LogP) is 5.30. The summed E-state index contributed by atoms with van der Waals surface area (Å²) in [6.07, 6.45) is 1.07. The van der Waals surface area contributed by atoms with Crippen molar-refractivity contribution in [2.45, 2.75) is 32.3 Å². The highest BCUT2D eigenvalue weighted by molar-refractivity contribution is 6.06. The normalized spacial score (nSPS) is 17.6. The molecule has 2 aliphatic rings. The summed E-state index contributed by atoms with van der Waals surface area (Å²) in [5.41, 5.74) is 4.35. The number of carbonyl (C=O) groups is 2. The van der Waals surface area contributed by atoms with E-state index in [-0.39, 0.29) is 43.2 Å². The molecule has 2 heterocycles. The van der Waals surface area contributed by atoms with Crippen molar-refractivity contribution in [3.63, 3.8) is 0 Å². The quantitative estimate of drug-likeness (QED) is 0.472. The molecule has 6 heteroatoms. The van der Waals surface area contributed by atoms with E-state index in [0.29, 0.717) is 22.6 Å². The lowest BCUT2D eigenvalue weighted by Crippen LogP contribution is -2.37. The first-order valence-corrected chi connectivity index (χ1v) is 11.3. The number of esters is 1. The second kappa shape index (κ2) is 9.14.